The fourth-order valence-electron chi connectivity index (χ4n) is 4.66. The highest BCUT2D eigenvalue weighted by Crippen LogP contribution is 2.51. The van der Waals surface area contributed by atoms with E-state index in [2.05, 4.69) is 22.3 Å². The van der Waals surface area contributed by atoms with Crippen molar-refractivity contribution in [3.8, 4) is 0 Å². The molecule has 0 aliphatic heterocycles. The lowest BCUT2D eigenvalue weighted by Crippen LogP contribution is -2.25. The molecule has 2 bridgehead atoms. The molecule has 2 heterocycles. The van der Waals surface area contributed by atoms with Crippen molar-refractivity contribution in [2.24, 2.45) is 17.8 Å². The molecule has 2 fully saturated rings. The fraction of sp³-hybridized carbons (Fsp3) is 0.647. The highest BCUT2D eigenvalue weighted by molar-refractivity contribution is 5.53. The molecule has 2 aromatic heterocycles. The first-order valence-corrected chi connectivity index (χ1v) is 8.35. The van der Waals surface area contributed by atoms with Crippen LogP contribution in [0.4, 0.5) is 0 Å². The van der Waals surface area contributed by atoms with Crippen molar-refractivity contribution in [3.05, 3.63) is 30.4 Å². The monoisotopic (exact) mass is 284 g/mol. The SMILES string of the molecule is CCNC(CC1CC2CCC1C2)c1cnn2ccncc12. The number of rotatable bonds is 5. The van der Waals surface area contributed by atoms with Gasteiger partial charge in [0.05, 0.1) is 17.9 Å². The third kappa shape index (κ3) is 2.35. The molecule has 2 aromatic rings. The summed E-state index contributed by atoms with van der Waals surface area (Å²) >= 11 is 0. The van der Waals surface area contributed by atoms with E-state index in [0.717, 1.165) is 29.8 Å². The van der Waals surface area contributed by atoms with Crippen molar-refractivity contribution in [1.82, 2.24) is 19.9 Å². The maximum Gasteiger partial charge on any atom is 0.0892 e. The molecule has 21 heavy (non-hydrogen) atoms. The van der Waals surface area contributed by atoms with E-state index in [-0.39, 0.29) is 0 Å². The molecule has 0 aromatic carbocycles. The lowest BCUT2D eigenvalue weighted by Gasteiger charge is -2.27. The predicted molar refractivity (Wildman–Crippen MR) is 83.0 cm³/mol. The van der Waals surface area contributed by atoms with E-state index in [1.165, 1.54) is 37.7 Å². The van der Waals surface area contributed by atoms with Gasteiger partial charge in [-0.1, -0.05) is 13.3 Å². The smallest absolute Gasteiger partial charge is 0.0892 e. The molecule has 1 N–H and O–H groups in total. The van der Waals surface area contributed by atoms with Crippen LogP contribution in [0.15, 0.2) is 24.8 Å². The molecule has 4 nitrogen and oxygen atoms in total. The molecule has 2 aliphatic rings. The number of hydrogen-bond acceptors (Lipinski definition) is 3. The van der Waals surface area contributed by atoms with Gasteiger partial charge in [-0.2, -0.15) is 5.10 Å². The van der Waals surface area contributed by atoms with Gasteiger partial charge >= 0.3 is 0 Å². The van der Waals surface area contributed by atoms with Crippen LogP contribution in [-0.2, 0) is 0 Å². The van der Waals surface area contributed by atoms with Crippen molar-refractivity contribution < 1.29 is 0 Å². The molecule has 0 saturated heterocycles. The maximum atomic E-state index is 4.48. The number of hydrogen-bond donors (Lipinski definition) is 1. The van der Waals surface area contributed by atoms with Crippen LogP contribution in [0.25, 0.3) is 5.52 Å². The van der Waals surface area contributed by atoms with Crippen LogP contribution in [0.3, 0.4) is 0 Å². The lowest BCUT2D eigenvalue weighted by molar-refractivity contribution is 0.281. The van der Waals surface area contributed by atoms with Gasteiger partial charge in [0, 0.05) is 24.0 Å². The molecule has 4 heteroatoms. The second kappa shape index (κ2) is 5.41. The molecule has 4 rings (SSSR count). The quantitative estimate of drug-likeness (QED) is 0.916. The molecule has 112 valence electrons. The summed E-state index contributed by atoms with van der Waals surface area (Å²) in [6.07, 6.45) is 14.8. The minimum Gasteiger partial charge on any atom is -0.310 e. The van der Waals surface area contributed by atoms with Gasteiger partial charge in [-0.25, -0.2) is 4.52 Å². The first-order valence-electron chi connectivity index (χ1n) is 8.35. The molecule has 0 radical (unpaired) electrons. The second-order valence-corrected chi connectivity index (χ2v) is 6.79. The van der Waals surface area contributed by atoms with E-state index in [0.29, 0.717) is 6.04 Å². The van der Waals surface area contributed by atoms with E-state index in [4.69, 9.17) is 0 Å². The summed E-state index contributed by atoms with van der Waals surface area (Å²) in [4.78, 5) is 4.27. The first-order chi connectivity index (χ1) is 10.3. The number of aromatic nitrogens is 3. The van der Waals surface area contributed by atoms with E-state index in [1.807, 2.05) is 23.1 Å². The number of fused-ring (bicyclic) bond motifs is 3. The summed E-state index contributed by atoms with van der Waals surface area (Å²) in [7, 11) is 0. The summed E-state index contributed by atoms with van der Waals surface area (Å²) in [6, 6.07) is 0.418. The zero-order chi connectivity index (χ0) is 14.2. The van der Waals surface area contributed by atoms with E-state index in [1.54, 1.807) is 6.20 Å². The van der Waals surface area contributed by atoms with Crippen LogP contribution >= 0.6 is 0 Å². The highest BCUT2D eigenvalue weighted by Gasteiger charge is 2.40. The molecular formula is C17H24N4. The standard InChI is InChI=1S/C17H24N4/c1-2-19-16(9-14-8-12-3-4-13(14)7-12)15-10-20-21-6-5-18-11-17(15)21/h5-6,10-14,16,19H,2-4,7-9H2,1H3. The average Bonchev–Trinajstić information content (AvgIpc) is 3.21. The van der Waals surface area contributed by atoms with Crippen LogP contribution in [0.2, 0.25) is 0 Å². The van der Waals surface area contributed by atoms with E-state index >= 15 is 0 Å². The van der Waals surface area contributed by atoms with Crippen molar-refractivity contribution in [3.63, 3.8) is 0 Å². The van der Waals surface area contributed by atoms with Crippen molar-refractivity contribution in [2.75, 3.05) is 6.54 Å². The van der Waals surface area contributed by atoms with Crippen molar-refractivity contribution >= 4 is 5.52 Å². The molecule has 0 amide bonds. The molecule has 2 aliphatic carbocycles. The van der Waals surface area contributed by atoms with Crippen LogP contribution in [-0.4, -0.2) is 21.1 Å². The normalized spacial score (nSPS) is 29.3. The molecule has 4 unspecified atom stereocenters. The first kappa shape index (κ1) is 13.3. The Labute approximate surface area is 126 Å². The van der Waals surface area contributed by atoms with Gasteiger partial charge < -0.3 is 5.32 Å². The van der Waals surface area contributed by atoms with Crippen LogP contribution in [0.5, 0.6) is 0 Å². The van der Waals surface area contributed by atoms with Crippen molar-refractivity contribution in [1.29, 1.82) is 0 Å². The Morgan fingerprint density at radius 3 is 3.05 bits per heavy atom. The van der Waals surface area contributed by atoms with Crippen LogP contribution in [0, 0.1) is 17.8 Å². The Bertz CT molecular complexity index is 620. The Kier molecular flexibility index (Phi) is 3.42. The number of nitrogens with one attached hydrogen (secondary N) is 1. The third-order valence-corrected chi connectivity index (χ3v) is 5.60. The van der Waals surface area contributed by atoms with Crippen molar-refractivity contribution in [2.45, 2.75) is 45.1 Å². The van der Waals surface area contributed by atoms with Gasteiger partial charge in [-0.05, 0) is 50.0 Å². The van der Waals surface area contributed by atoms with Crippen LogP contribution < -0.4 is 5.32 Å². The van der Waals surface area contributed by atoms with Gasteiger partial charge in [0.1, 0.15) is 0 Å². The third-order valence-electron chi connectivity index (χ3n) is 5.60. The summed E-state index contributed by atoms with van der Waals surface area (Å²) in [6.45, 7) is 3.20. The molecule has 2 saturated carbocycles. The molecular weight excluding hydrogens is 260 g/mol. The van der Waals surface area contributed by atoms with Gasteiger partial charge in [-0.3, -0.25) is 4.98 Å². The summed E-state index contributed by atoms with van der Waals surface area (Å²) < 4.78 is 1.94. The molecule has 0 spiro atoms. The van der Waals surface area contributed by atoms with Gasteiger partial charge in [-0.15, -0.1) is 0 Å². The van der Waals surface area contributed by atoms with Gasteiger partial charge in [0.2, 0.25) is 0 Å². The zero-order valence-electron chi connectivity index (χ0n) is 12.7. The number of nitrogens with zero attached hydrogens (tertiary/aromatic N) is 3. The highest BCUT2D eigenvalue weighted by atomic mass is 15.2. The Morgan fingerprint density at radius 2 is 2.29 bits per heavy atom. The van der Waals surface area contributed by atoms with Gasteiger partial charge in [0.25, 0.3) is 0 Å². The van der Waals surface area contributed by atoms with E-state index in [9.17, 15) is 0 Å². The summed E-state index contributed by atoms with van der Waals surface area (Å²) in [5.74, 6) is 2.91. The molecule has 4 atom stereocenters. The Hall–Kier alpha value is -1.42. The zero-order valence-corrected chi connectivity index (χ0v) is 12.7. The van der Waals surface area contributed by atoms with Crippen LogP contribution in [0.1, 0.15) is 50.6 Å². The fourth-order valence-corrected chi connectivity index (χ4v) is 4.66. The Balaban J connectivity index is 1.59. The second-order valence-electron chi connectivity index (χ2n) is 6.79. The predicted octanol–water partition coefficient (Wildman–Crippen LogP) is 3.21. The lowest BCUT2D eigenvalue weighted by atomic mass is 9.83. The topological polar surface area (TPSA) is 42.2 Å². The summed E-state index contributed by atoms with van der Waals surface area (Å²) in [5, 5.41) is 8.16. The minimum absolute atomic E-state index is 0.418. The summed E-state index contributed by atoms with van der Waals surface area (Å²) in [5.41, 5.74) is 2.46. The van der Waals surface area contributed by atoms with E-state index < -0.39 is 0 Å². The minimum atomic E-state index is 0.418. The van der Waals surface area contributed by atoms with Gasteiger partial charge in [0.15, 0.2) is 0 Å². The Morgan fingerprint density at radius 1 is 1.33 bits per heavy atom. The average molecular weight is 284 g/mol. The largest absolute Gasteiger partial charge is 0.310 e. The maximum absolute atomic E-state index is 4.48.